The number of hydrogen-bond acceptors (Lipinski definition) is 1. The highest BCUT2D eigenvalue weighted by Gasteiger charge is 2.09. The number of hydrogen-bond donors (Lipinski definition) is 0. The van der Waals surface area contributed by atoms with Gasteiger partial charge >= 0.3 is 0 Å². The predicted octanol–water partition coefficient (Wildman–Crippen LogP) is 2.75. The molecule has 9 heavy (non-hydrogen) atoms. The van der Waals surface area contributed by atoms with Crippen LogP contribution in [0.1, 0.15) is 6.92 Å². The molecular weight excluding hydrogens is 293 g/mol. The molecule has 0 saturated heterocycles. The third kappa shape index (κ3) is 2.04. The van der Waals surface area contributed by atoms with Crippen LogP contribution in [0.2, 0.25) is 0 Å². The molecule has 0 aromatic carbocycles. The number of allylic oxidation sites excluding steroid dienone is 1. The summed E-state index contributed by atoms with van der Waals surface area (Å²) in [7, 11) is 0. The summed E-state index contributed by atoms with van der Waals surface area (Å²) in [5, 5.41) is 0. The predicted molar refractivity (Wildman–Crippen MR) is 52.5 cm³/mol. The summed E-state index contributed by atoms with van der Waals surface area (Å²) in [4.78, 5) is 4.21. The summed E-state index contributed by atoms with van der Waals surface area (Å²) >= 11 is 5.67. The third-order valence-corrected chi connectivity index (χ3v) is 3.10. The topological polar surface area (TPSA) is 12.4 Å². The number of dihydropyridines is 1. The van der Waals surface area contributed by atoms with Crippen molar-refractivity contribution < 1.29 is 0 Å². The van der Waals surface area contributed by atoms with Gasteiger partial charge in [-0.05, 0) is 48.2 Å². The second kappa shape index (κ2) is 3.14. The molecular formula is C6H7BrIN. The van der Waals surface area contributed by atoms with Gasteiger partial charge in [-0.25, -0.2) is 0 Å². The monoisotopic (exact) mass is 299 g/mol. The molecule has 1 aliphatic heterocycles. The Morgan fingerprint density at radius 3 is 3.00 bits per heavy atom. The zero-order valence-electron chi connectivity index (χ0n) is 5.06. The summed E-state index contributed by atoms with van der Waals surface area (Å²) in [6.45, 7) is 3.11. The highest BCUT2D eigenvalue weighted by Crippen LogP contribution is 2.22. The first-order valence-corrected chi connectivity index (χ1v) is 4.64. The van der Waals surface area contributed by atoms with Crippen LogP contribution in [0.25, 0.3) is 0 Å². The first-order valence-electron chi connectivity index (χ1n) is 2.77. The highest BCUT2D eigenvalue weighted by atomic mass is 127. The summed E-state index contributed by atoms with van der Waals surface area (Å²) in [5.74, 6) is 0.617. The van der Waals surface area contributed by atoms with Crippen LogP contribution in [-0.4, -0.2) is 11.2 Å². The average Bonchev–Trinajstić information content (AvgIpc) is 1.80. The van der Waals surface area contributed by atoms with Crippen LogP contribution in [0, 0.1) is 5.92 Å². The van der Waals surface area contributed by atoms with Crippen LogP contribution in [0.3, 0.4) is 0 Å². The van der Waals surface area contributed by atoms with Crippen LogP contribution in [-0.2, 0) is 0 Å². The molecule has 1 unspecified atom stereocenters. The molecule has 1 nitrogen and oxygen atoms in total. The van der Waals surface area contributed by atoms with Crippen molar-refractivity contribution in [3.8, 4) is 0 Å². The van der Waals surface area contributed by atoms with E-state index in [1.807, 2.05) is 0 Å². The zero-order valence-corrected chi connectivity index (χ0v) is 8.81. The molecule has 1 aliphatic rings. The van der Waals surface area contributed by atoms with Gasteiger partial charge in [0.2, 0.25) is 0 Å². The number of rotatable bonds is 0. The van der Waals surface area contributed by atoms with Gasteiger partial charge in [0.15, 0.2) is 0 Å². The number of nitrogens with zero attached hydrogens (tertiary/aromatic N) is 1. The van der Waals surface area contributed by atoms with Gasteiger partial charge < -0.3 is 0 Å². The Morgan fingerprint density at radius 1 is 1.89 bits per heavy atom. The highest BCUT2D eigenvalue weighted by molar-refractivity contribution is 14.1. The fourth-order valence-electron chi connectivity index (χ4n) is 0.613. The Labute approximate surface area is 76.9 Å². The summed E-state index contributed by atoms with van der Waals surface area (Å²) < 4.78 is 2.36. The molecule has 0 radical (unpaired) electrons. The third-order valence-electron chi connectivity index (χ3n) is 1.24. The lowest BCUT2D eigenvalue weighted by atomic mass is 10.1. The zero-order chi connectivity index (χ0) is 6.85. The lowest BCUT2D eigenvalue weighted by Crippen LogP contribution is -2.05. The van der Waals surface area contributed by atoms with E-state index in [0.29, 0.717) is 5.92 Å². The molecule has 1 heterocycles. The Hall–Kier alpha value is 0.620. The second-order valence-corrected chi connectivity index (χ2v) is 4.15. The molecule has 0 aromatic heterocycles. The Balaban J connectivity index is 2.74. The molecule has 0 saturated carbocycles. The van der Waals surface area contributed by atoms with Crippen LogP contribution >= 0.6 is 38.5 Å². The molecule has 0 fully saturated rings. The van der Waals surface area contributed by atoms with Crippen molar-refractivity contribution in [3.63, 3.8) is 0 Å². The van der Waals surface area contributed by atoms with Crippen LogP contribution in [0.4, 0.5) is 0 Å². The summed E-state index contributed by atoms with van der Waals surface area (Å²) in [6, 6.07) is 0. The van der Waals surface area contributed by atoms with Crippen molar-refractivity contribution in [2.45, 2.75) is 6.92 Å². The molecule has 1 atom stereocenters. The fourth-order valence-corrected chi connectivity index (χ4v) is 1.92. The Bertz CT molecular complexity index is 174. The summed E-state index contributed by atoms with van der Waals surface area (Å²) in [6.07, 6.45) is 2.06. The van der Waals surface area contributed by atoms with E-state index < -0.39 is 0 Å². The summed E-state index contributed by atoms with van der Waals surface area (Å²) in [5.41, 5.74) is 0. The number of aliphatic imine (C=N–C) groups is 1. The second-order valence-electron chi connectivity index (χ2n) is 2.09. The van der Waals surface area contributed by atoms with E-state index in [1.165, 1.54) is 3.58 Å². The Morgan fingerprint density at radius 2 is 2.56 bits per heavy atom. The molecule has 0 spiro atoms. The molecule has 1 rings (SSSR count). The average molecular weight is 300 g/mol. The quantitative estimate of drug-likeness (QED) is 0.610. The van der Waals surface area contributed by atoms with Gasteiger partial charge in [0.25, 0.3) is 0 Å². The van der Waals surface area contributed by atoms with Gasteiger partial charge in [-0.1, -0.05) is 6.92 Å². The molecule has 50 valence electrons. The first kappa shape index (κ1) is 7.72. The van der Waals surface area contributed by atoms with Gasteiger partial charge in [-0.3, -0.25) is 4.99 Å². The maximum absolute atomic E-state index is 4.21. The minimum absolute atomic E-state index is 0.617. The van der Waals surface area contributed by atoms with E-state index in [4.69, 9.17) is 0 Å². The minimum atomic E-state index is 0.617. The van der Waals surface area contributed by atoms with E-state index in [2.05, 4.69) is 56.5 Å². The lowest BCUT2D eigenvalue weighted by molar-refractivity contribution is 0.731. The van der Waals surface area contributed by atoms with Gasteiger partial charge in [0.1, 0.15) is 4.62 Å². The van der Waals surface area contributed by atoms with Crippen molar-refractivity contribution in [2.24, 2.45) is 10.9 Å². The lowest BCUT2D eigenvalue weighted by Gasteiger charge is -2.11. The molecule has 0 aromatic rings. The van der Waals surface area contributed by atoms with E-state index >= 15 is 0 Å². The molecule has 0 aliphatic carbocycles. The van der Waals surface area contributed by atoms with Crippen LogP contribution in [0.15, 0.2) is 14.6 Å². The number of halogens is 2. The molecule has 3 heteroatoms. The smallest absolute Gasteiger partial charge is 0.101 e. The van der Waals surface area contributed by atoms with Crippen molar-refractivity contribution in [1.29, 1.82) is 0 Å². The SMILES string of the molecule is CC1CN=C(Br)C=C1I. The van der Waals surface area contributed by atoms with Crippen LogP contribution < -0.4 is 0 Å². The van der Waals surface area contributed by atoms with Crippen molar-refractivity contribution in [1.82, 2.24) is 0 Å². The largest absolute Gasteiger partial charge is 0.277 e. The maximum atomic E-state index is 4.21. The minimum Gasteiger partial charge on any atom is -0.277 e. The van der Waals surface area contributed by atoms with E-state index in [9.17, 15) is 0 Å². The van der Waals surface area contributed by atoms with Gasteiger partial charge in [-0.15, -0.1) is 0 Å². The van der Waals surface area contributed by atoms with E-state index in [0.717, 1.165) is 11.2 Å². The van der Waals surface area contributed by atoms with Crippen LogP contribution in [0.5, 0.6) is 0 Å². The molecule has 0 N–H and O–H groups in total. The van der Waals surface area contributed by atoms with Gasteiger partial charge in [0.05, 0.1) is 0 Å². The van der Waals surface area contributed by atoms with Gasteiger partial charge in [-0.2, -0.15) is 0 Å². The Kier molecular flexibility index (Phi) is 2.70. The fraction of sp³-hybridized carbons (Fsp3) is 0.500. The molecule has 0 bridgehead atoms. The van der Waals surface area contributed by atoms with E-state index in [1.54, 1.807) is 0 Å². The first-order chi connectivity index (χ1) is 4.20. The van der Waals surface area contributed by atoms with E-state index in [-0.39, 0.29) is 0 Å². The maximum Gasteiger partial charge on any atom is 0.101 e. The van der Waals surface area contributed by atoms with Crippen molar-refractivity contribution in [3.05, 3.63) is 9.66 Å². The molecule has 0 amide bonds. The standard InChI is InChI=1S/C6H7BrIN/c1-4-3-9-6(7)2-5(4)8/h2,4H,3H2,1H3. The van der Waals surface area contributed by atoms with Crippen molar-refractivity contribution >= 4 is 43.1 Å². The van der Waals surface area contributed by atoms with Gasteiger partial charge in [0, 0.05) is 12.5 Å². The van der Waals surface area contributed by atoms with Crippen molar-refractivity contribution in [2.75, 3.05) is 6.54 Å². The normalized spacial score (nSPS) is 27.2.